The van der Waals surface area contributed by atoms with E-state index in [1.165, 1.54) is 11.8 Å². The van der Waals surface area contributed by atoms with Crippen molar-refractivity contribution in [3.05, 3.63) is 11.8 Å². The molecule has 1 aromatic rings. The highest BCUT2D eigenvalue weighted by Gasteiger charge is 2.26. The molecule has 8 heteroatoms. The Morgan fingerprint density at radius 1 is 1.33 bits per heavy atom. The maximum Gasteiger partial charge on any atom is 0.232 e. The lowest BCUT2D eigenvalue weighted by molar-refractivity contribution is 0.251. The van der Waals surface area contributed by atoms with Crippen molar-refractivity contribution in [1.82, 2.24) is 14.9 Å². The molecule has 1 heterocycles. The summed E-state index contributed by atoms with van der Waals surface area (Å²) in [6.07, 6.45) is 1.85. The van der Waals surface area contributed by atoms with Crippen molar-refractivity contribution in [3.63, 3.8) is 0 Å². The average Bonchev–Trinajstić information content (AvgIpc) is 2.27. The summed E-state index contributed by atoms with van der Waals surface area (Å²) in [4.78, 5) is 10.3. The van der Waals surface area contributed by atoms with Crippen molar-refractivity contribution in [2.45, 2.75) is 8.95 Å². The van der Waals surface area contributed by atoms with Crippen LogP contribution in [-0.2, 0) is 3.79 Å². The molecule has 0 aliphatic rings. The first-order valence-corrected chi connectivity index (χ1v) is 7.46. The van der Waals surface area contributed by atoms with Crippen LogP contribution < -0.4 is 4.74 Å². The Hall–Kier alpha value is 0.0600. The molecule has 4 nitrogen and oxygen atoms in total. The summed E-state index contributed by atoms with van der Waals surface area (Å²) in [5.41, 5.74) is 0.312. The molecular formula is C10H14Cl3N3OS. The van der Waals surface area contributed by atoms with Crippen LogP contribution in [0.2, 0.25) is 0 Å². The number of hydrogen-bond acceptors (Lipinski definition) is 5. The van der Waals surface area contributed by atoms with E-state index in [4.69, 9.17) is 39.5 Å². The second-order valence-corrected chi connectivity index (χ2v) is 6.78. The quantitative estimate of drug-likeness (QED) is 0.471. The molecule has 0 N–H and O–H groups in total. The van der Waals surface area contributed by atoms with E-state index in [-0.39, 0.29) is 0 Å². The largest absolute Gasteiger partial charge is 0.476 e. The van der Waals surface area contributed by atoms with Gasteiger partial charge in [-0.3, -0.25) is 0 Å². The van der Waals surface area contributed by atoms with E-state index in [0.717, 1.165) is 6.54 Å². The summed E-state index contributed by atoms with van der Waals surface area (Å²) in [6.45, 7) is 1.29. The number of alkyl halides is 3. The summed E-state index contributed by atoms with van der Waals surface area (Å²) in [7, 11) is 3.92. The number of halogens is 3. The molecule has 1 rings (SSSR count). The van der Waals surface area contributed by atoms with E-state index in [2.05, 4.69) is 9.97 Å². The summed E-state index contributed by atoms with van der Waals surface area (Å²) < 4.78 is 3.94. The second kappa shape index (κ2) is 7.01. The van der Waals surface area contributed by atoms with Gasteiger partial charge in [-0.15, -0.1) is 0 Å². The van der Waals surface area contributed by atoms with Gasteiger partial charge in [-0.25, -0.2) is 4.98 Å². The van der Waals surface area contributed by atoms with Gasteiger partial charge >= 0.3 is 0 Å². The summed E-state index contributed by atoms with van der Waals surface area (Å²) in [6, 6.07) is 1.54. The van der Waals surface area contributed by atoms with Crippen LogP contribution in [0.4, 0.5) is 0 Å². The molecule has 0 aliphatic heterocycles. The van der Waals surface area contributed by atoms with Crippen LogP contribution in [0.25, 0.3) is 0 Å². The third kappa shape index (κ3) is 5.36. The summed E-state index contributed by atoms with van der Waals surface area (Å²) in [5, 5.41) is 0.513. The molecule has 0 amide bonds. The third-order valence-corrected chi connectivity index (χ3v) is 3.07. The lowest BCUT2D eigenvalue weighted by Gasteiger charge is -2.14. The lowest BCUT2D eigenvalue weighted by Crippen LogP contribution is -2.20. The van der Waals surface area contributed by atoms with Crippen molar-refractivity contribution >= 4 is 46.6 Å². The number of hydrogen-bond donors (Lipinski definition) is 0. The molecular weight excluding hydrogens is 317 g/mol. The minimum absolute atomic E-state index is 0.312. The van der Waals surface area contributed by atoms with Gasteiger partial charge < -0.3 is 9.64 Å². The number of thioether (sulfide) groups is 1. The molecule has 0 saturated carbocycles. The highest BCUT2D eigenvalue weighted by molar-refractivity contribution is 7.98. The van der Waals surface area contributed by atoms with Crippen LogP contribution in [0, 0.1) is 0 Å². The molecule has 102 valence electrons. The number of nitrogens with zero attached hydrogens (tertiary/aromatic N) is 3. The van der Waals surface area contributed by atoms with Crippen LogP contribution in [0.1, 0.15) is 5.69 Å². The lowest BCUT2D eigenvalue weighted by atomic mass is 10.4. The van der Waals surface area contributed by atoms with Crippen LogP contribution in [0.5, 0.6) is 5.88 Å². The summed E-state index contributed by atoms with van der Waals surface area (Å²) >= 11 is 18.8. The van der Waals surface area contributed by atoms with Crippen LogP contribution in [0.15, 0.2) is 11.2 Å². The molecule has 18 heavy (non-hydrogen) atoms. The fourth-order valence-electron chi connectivity index (χ4n) is 1.05. The zero-order valence-corrected chi connectivity index (χ0v) is 13.4. The number of rotatable bonds is 5. The monoisotopic (exact) mass is 329 g/mol. The van der Waals surface area contributed by atoms with Gasteiger partial charge in [-0.2, -0.15) is 4.98 Å². The van der Waals surface area contributed by atoms with E-state index < -0.39 is 3.79 Å². The average molecular weight is 331 g/mol. The van der Waals surface area contributed by atoms with E-state index in [0.29, 0.717) is 23.3 Å². The Kier molecular flexibility index (Phi) is 6.27. The van der Waals surface area contributed by atoms with Crippen molar-refractivity contribution in [1.29, 1.82) is 0 Å². The van der Waals surface area contributed by atoms with Gasteiger partial charge in [0.25, 0.3) is 0 Å². The van der Waals surface area contributed by atoms with E-state index in [1.54, 1.807) is 6.07 Å². The van der Waals surface area contributed by atoms with E-state index >= 15 is 0 Å². The Balaban J connectivity index is 2.84. The highest BCUT2D eigenvalue weighted by atomic mass is 35.6. The Morgan fingerprint density at radius 2 is 2.00 bits per heavy atom. The predicted molar refractivity (Wildman–Crippen MR) is 77.1 cm³/mol. The van der Waals surface area contributed by atoms with Crippen molar-refractivity contribution in [2.24, 2.45) is 0 Å². The predicted octanol–water partition coefficient (Wildman–Crippen LogP) is 2.97. The van der Waals surface area contributed by atoms with E-state index in [1.807, 2.05) is 25.3 Å². The molecule has 0 aromatic carbocycles. The maximum absolute atomic E-state index is 5.81. The molecule has 0 bridgehead atoms. The Morgan fingerprint density at radius 3 is 2.50 bits per heavy atom. The minimum atomic E-state index is -1.58. The molecule has 0 fully saturated rings. The number of likely N-dealkylation sites (N-methyl/N-ethyl adjacent to an activating group) is 1. The van der Waals surface area contributed by atoms with Crippen LogP contribution in [0.3, 0.4) is 0 Å². The summed E-state index contributed by atoms with van der Waals surface area (Å²) in [5.74, 6) is 0.414. The topological polar surface area (TPSA) is 38.2 Å². The van der Waals surface area contributed by atoms with Crippen LogP contribution in [-0.4, -0.2) is 48.4 Å². The molecule has 1 aromatic heterocycles. The van der Waals surface area contributed by atoms with Crippen molar-refractivity contribution in [2.75, 3.05) is 33.5 Å². The van der Waals surface area contributed by atoms with Crippen molar-refractivity contribution < 1.29 is 4.74 Å². The normalized spacial score (nSPS) is 11.9. The number of aromatic nitrogens is 2. The van der Waals surface area contributed by atoms with Gasteiger partial charge in [0.1, 0.15) is 6.61 Å². The molecule has 0 unspecified atom stereocenters. The smallest absolute Gasteiger partial charge is 0.232 e. The van der Waals surface area contributed by atoms with Gasteiger partial charge in [-0.05, 0) is 20.4 Å². The van der Waals surface area contributed by atoms with Gasteiger partial charge in [0.2, 0.25) is 9.67 Å². The SMILES string of the molecule is CSc1nc(OCCN(C)C)cc(C(Cl)(Cl)Cl)n1. The fourth-order valence-corrected chi connectivity index (χ4v) is 1.71. The molecule has 0 radical (unpaired) electrons. The highest BCUT2D eigenvalue weighted by Crippen LogP contribution is 2.38. The van der Waals surface area contributed by atoms with Gasteiger partial charge in [0, 0.05) is 12.6 Å². The third-order valence-electron chi connectivity index (χ3n) is 1.94. The Labute approximate surface area is 126 Å². The van der Waals surface area contributed by atoms with Gasteiger partial charge in [0.05, 0.1) is 5.69 Å². The molecule has 0 atom stereocenters. The Bertz CT molecular complexity index is 398. The van der Waals surface area contributed by atoms with E-state index in [9.17, 15) is 0 Å². The second-order valence-electron chi connectivity index (χ2n) is 3.73. The molecule has 0 spiro atoms. The first-order valence-electron chi connectivity index (χ1n) is 5.10. The zero-order valence-electron chi connectivity index (χ0n) is 10.3. The van der Waals surface area contributed by atoms with Crippen LogP contribution >= 0.6 is 46.6 Å². The minimum Gasteiger partial charge on any atom is -0.476 e. The standard InChI is InChI=1S/C10H14Cl3N3OS/c1-16(2)4-5-17-8-6-7(10(11,12)13)14-9(15-8)18-3/h6H,4-5H2,1-3H3. The van der Waals surface area contributed by atoms with Gasteiger partial charge in [0.15, 0.2) is 5.16 Å². The zero-order chi connectivity index (χ0) is 13.8. The maximum atomic E-state index is 5.81. The molecule has 0 saturated heterocycles. The van der Waals surface area contributed by atoms with Crippen molar-refractivity contribution in [3.8, 4) is 5.88 Å². The van der Waals surface area contributed by atoms with Gasteiger partial charge in [-0.1, -0.05) is 46.6 Å². The fraction of sp³-hybridized carbons (Fsp3) is 0.600. The number of ether oxygens (including phenoxy) is 1. The first kappa shape index (κ1) is 16.1. The first-order chi connectivity index (χ1) is 8.32. The molecule has 0 aliphatic carbocycles.